The molecule has 0 amide bonds. The number of benzene rings is 2. The summed E-state index contributed by atoms with van der Waals surface area (Å²) in [4.78, 5) is 20.1. The highest BCUT2D eigenvalue weighted by atomic mass is 16.5. The number of anilines is 1. The number of aliphatic carboxylic acids is 1. The zero-order valence-corrected chi connectivity index (χ0v) is 24.0. The van der Waals surface area contributed by atoms with E-state index in [1.807, 2.05) is 62.5 Å². The van der Waals surface area contributed by atoms with Crippen molar-refractivity contribution in [1.29, 1.82) is 0 Å². The minimum Gasteiger partial charge on any atom is -0.479 e. The number of fused-ring (bicyclic) bond motifs is 4. The molecule has 8 nitrogen and oxygen atoms in total. The van der Waals surface area contributed by atoms with Crippen LogP contribution in [0.4, 0.5) is 5.82 Å². The maximum atomic E-state index is 12.8. The van der Waals surface area contributed by atoms with Crippen LogP contribution in [0.25, 0.3) is 28.0 Å². The van der Waals surface area contributed by atoms with Crippen molar-refractivity contribution in [2.24, 2.45) is 5.41 Å². The largest absolute Gasteiger partial charge is 0.479 e. The molecule has 4 heterocycles. The van der Waals surface area contributed by atoms with Crippen LogP contribution in [0.3, 0.4) is 0 Å². The molecule has 3 atom stereocenters. The van der Waals surface area contributed by atoms with Crippen molar-refractivity contribution in [3.8, 4) is 22.4 Å². The molecule has 2 aliphatic heterocycles. The summed E-state index contributed by atoms with van der Waals surface area (Å²) in [5.74, 6) is -0.258. The lowest BCUT2D eigenvalue weighted by atomic mass is 9.97. The van der Waals surface area contributed by atoms with Crippen molar-refractivity contribution < 1.29 is 19.4 Å². The zero-order chi connectivity index (χ0) is 28.5. The molecule has 1 spiro atoms. The van der Waals surface area contributed by atoms with Crippen LogP contribution in [0, 0.1) is 12.3 Å². The topological polar surface area (TPSA) is 89.2 Å². The number of rotatable bonds is 6. The van der Waals surface area contributed by atoms with Gasteiger partial charge in [0.1, 0.15) is 5.82 Å². The molecule has 8 heteroatoms. The number of carbonyl (C=O) groups is 1. The van der Waals surface area contributed by atoms with E-state index in [1.54, 1.807) is 0 Å². The van der Waals surface area contributed by atoms with Crippen LogP contribution < -0.4 is 4.90 Å². The van der Waals surface area contributed by atoms with Gasteiger partial charge in [0, 0.05) is 17.3 Å². The fourth-order valence-corrected chi connectivity index (χ4v) is 6.87. The first kappa shape index (κ1) is 26.2. The van der Waals surface area contributed by atoms with Gasteiger partial charge in [-0.05, 0) is 69.6 Å². The van der Waals surface area contributed by atoms with Crippen LogP contribution in [-0.2, 0) is 14.3 Å². The molecular formula is C33H36N4O4. The second kappa shape index (κ2) is 9.39. The van der Waals surface area contributed by atoms with E-state index in [0.717, 1.165) is 34.6 Å². The monoisotopic (exact) mass is 552 g/mol. The highest BCUT2D eigenvalue weighted by molar-refractivity contribution is 5.80. The molecule has 3 fully saturated rings. The third-order valence-corrected chi connectivity index (χ3v) is 8.83. The second-order valence-corrected chi connectivity index (χ2v) is 12.8. The summed E-state index contributed by atoms with van der Waals surface area (Å²) in [5.41, 5.74) is 5.48. The van der Waals surface area contributed by atoms with E-state index in [-0.39, 0.29) is 17.5 Å². The second-order valence-electron chi connectivity index (χ2n) is 12.8. The number of hydrogen-bond donors (Lipinski definition) is 1. The molecule has 2 saturated heterocycles. The minimum atomic E-state index is -1.19. The van der Waals surface area contributed by atoms with Gasteiger partial charge in [-0.2, -0.15) is 9.61 Å². The standard InChI is InChI=1S/C33H36N4O4/c1-20-28(29(31(38)39)41-32(2,3)4)30(36-24-17-33(13-14-33)26(36)19-40-18-24)37-27(34-20)16-25(35-37)23-12-8-11-22(15-23)21-9-6-5-7-10-21/h5-12,15-16,24,26,29H,13-14,17-19H2,1-4H3,(H,38,39). The van der Waals surface area contributed by atoms with E-state index in [1.165, 1.54) is 12.8 Å². The molecule has 2 aromatic carbocycles. The van der Waals surface area contributed by atoms with Crippen LogP contribution in [0.2, 0.25) is 0 Å². The van der Waals surface area contributed by atoms with E-state index >= 15 is 0 Å². The van der Waals surface area contributed by atoms with Gasteiger partial charge in [-0.15, -0.1) is 0 Å². The predicted molar refractivity (Wildman–Crippen MR) is 157 cm³/mol. The lowest BCUT2D eigenvalue weighted by molar-refractivity contribution is -0.160. The summed E-state index contributed by atoms with van der Waals surface area (Å²) < 4.78 is 14.1. The Morgan fingerprint density at radius 3 is 2.49 bits per heavy atom. The van der Waals surface area contributed by atoms with Crippen LogP contribution >= 0.6 is 0 Å². The third-order valence-electron chi connectivity index (χ3n) is 8.83. The normalized spacial score (nSPS) is 21.9. The number of aryl methyl sites for hydroxylation is 1. The summed E-state index contributed by atoms with van der Waals surface area (Å²) in [6.07, 6.45) is 2.21. The van der Waals surface area contributed by atoms with Gasteiger partial charge in [0.25, 0.3) is 0 Å². The fourth-order valence-electron chi connectivity index (χ4n) is 6.87. The molecule has 1 saturated carbocycles. The van der Waals surface area contributed by atoms with Crippen LogP contribution in [0.15, 0.2) is 60.7 Å². The molecule has 1 N–H and O–H groups in total. The SMILES string of the molecule is Cc1nc2cc(-c3cccc(-c4ccccc4)c3)nn2c(N2C3COCC2C2(CC2)C3)c1C(OC(C)(C)C)C(=O)O. The molecule has 212 valence electrons. The summed E-state index contributed by atoms with van der Waals surface area (Å²) >= 11 is 0. The van der Waals surface area contributed by atoms with E-state index in [9.17, 15) is 9.90 Å². The Kier molecular flexibility index (Phi) is 5.99. The molecule has 2 bridgehead atoms. The van der Waals surface area contributed by atoms with E-state index in [0.29, 0.717) is 30.1 Å². The van der Waals surface area contributed by atoms with Gasteiger partial charge in [0.05, 0.1) is 42.2 Å². The number of ether oxygens (including phenoxy) is 2. The van der Waals surface area contributed by atoms with Crippen molar-refractivity contribution in [3.63, 3.8) is 0 Å². The van der Waals surface area contributed by atoms with Gasteiger partial charge in [-0.25, -0.2) is 9.78 Å². The third kappa shape index (κ3) is 4.50. The Bertz CT molecular complexity index is 1640. The number of nitrogens with zero attached hydrogens (tertiary/aromatic N) is 4. The van der Waals surface area contributed by atoms with Crippen molar-refractivity contribution in [2.45, 2.75) is 70.7 Å². The first-order valence-electron chi connectivity index (χ1n) is 14.5. The number of carboxylic acids is 1. The smallest absolute Gasteiger partial charge is 0.337 e. The Labute approximate surface area is 239 Å². The van der Waals surface area contributed by atoms with Gasteiger partial charge < -0.3 is 19.5 Å². The maximum absolute atomic E-state index is 12.8. The van der Waals surface area contributed by atoms with Crippen molar-refractivity contribution in [1.82, 2.24) is 14.6 Å². The Morgan fingerprint density at radius 1 is 1.05 bits per heavy atom. The van der Waals surface area contributed by atoms with Gasteiger partial charge in [0.2, 0.25) is 0 Å². The van der Waals surface area contributed by atoms with Crippen LogP contribution in [-0.4, -0.2) is 56.6 Å². The molecule has 4 aromatic rings. The average Bonchev–Trinajstić information content (AvgIpc) is 3.56. The molecule has 0 radical (unpaired) electrons. The van der Waals surface area contributed by atoms with Crippen molar-refractivity contribution in [3.05, 3.63) is 71.9 Å². The summed E-state index contributed by atoms with van der Waals surface area (Å²) in [7, 11) is 0. The molecule has 7 rings (SSSR count). The number of aromatic nitrogens is 3. The summed E-state index contributed by atoms with van der Waals surface area (Å²) in [6, 6.07) is 21.0. The zero-order valence-electron chi connectivity index (χ0n) is 24.0. The van der Waals surface area contributed by atoms with Crippen LogP contribution in [0.1, 0.15) is 57.4 Å². The quantitative estimate of drug-likeness (QED) is 0.311. The van der Waals surface area contributed by atoms with Crippen molar-refractivity contribution in [2.75, 3.05) is 18.1 Å². The van der Waals surface area contributed by atoms with E-state index in [2.05, 4.69) is 35.2 Å². The van der Waals surface area contributed by atoms with Gasteiger partial charge >= 0.3 is 5.97 Å². The number of morpholine rings is 1. The Hall–Kier alpha value is -3.75. The van der Waals surface area contributed by atoms with Gasteiger partial charge in [-0.1, -0.05) is 48.5 Å². The minimum absolute atomic E-state index is 0.151. The van der Waals surface area contributed by atoms with E-state index < -0.39 is 17.7 Å². The first-order valence-corrected chi connectivity index (χ1v) is 14.5. The van der Waals surface area contributed by atoms with Gasteiger partial charge in [-0.3, -0.25) is 0 Å². The molecule has 2 aromatic heterocycles. The molecule has 3 aliphatic rings. The van der Waals surface area contributed by atoms with Crippen molar-refractivity contribution >= 4 is 17.4 Å². The summed E-state index contributed by atoms with van der Waals surface area (Å²) in [6.45, 7) is 8.78. The lowest BCUT2D eigenvalue weighted by Gasteiger charge is -2.39. The van der Waals surface area contributed by atoms with Gasteiger partial charge in [0.15, 0.2) is 11.8 Å². The molecule has 1 aliphatic carbocycles. The maximum Gasteiger partial charge on any atom is 0.337 e. The highest BCUT2D eigenvalue weighted by Crippen LogP contribution is 2.61. The predicted octanol–water partition coefficient (Wildman–Crippen LogP) is 6.07. The Balaban J connectivity index is 1.43. The average molecular weight is 553 g/mol. The molecule has 3 unspecified atom stereocenters. The lowest BCUT2D eigenvalue weighted by Crippen LogP contribution is -2.49. The first-order chi connectivity index (χ1) is 19.6. The summed E-state index contributed by atoms with van der Waals surface area (Å²) in [5, 5.41) is 15.6. The fraction of sp³-hybridized carbons (Fsp3) is 0.424. The number of hydrogen-bond acceptors (Lipinski definition) is 6. The highest BCUT2D eigenvalue weighted by Gasteiger charge is 2.61. The molecular weight excluding hydrogens is 516 g/mol. The number of carboxylic acid groups (broad SMARTS) is 1. The molecule has 41 heavy (non-hydrogen) atoms. The van der Waals surface area contributed by atoms with Crippen LogP contribution in [0.5, 0.6) is 0 Å². The van der Waals surface area contributed by atoms with E-state index in [4.69, 9.17) is 19.6 Å². The Morgan fingerprint density at radius 2 is 1.78 bits per heavy atom.